The van der Waals surface area contributed by atoms with Gasteiger partial charge in [0.15, 0.2) is 0 Å². The highest BCUT2D eigenvalue weighted by Gasteiger charge is 2.28. The molecule has 1 amide bonds. The largest absolute Gasteiger partial charge is 0.370 e. The molecule has 0 heterocycles. The van der Waals surface area contributed by atoms with Crippen molar-refractivity contribution in [2.24, 2.45) is 0 Å². The summed E-state index contributed by atoms with van der Waals surface area (Å²) in [5.74, 6) is -0.000184. The van der Waals surface area contributed by atoms with Crippen LogP contribution in [0.1, 0.15) is 30.0 Å². The summed E-state index contributed by atoms with van der Waals surface area (Å²) in [5.41, 5.74) is 2.77. The molecule has 2 aromatic rings. The Morgan fingerprint density at radius 3 is 2.43 bits per heavy atom. The fourth-order valence-corrected chi connectivity index (χ4v) is 2.43. The molecular formula is C19H19N3O. The minimum atomic E-state index is -0.418. The Labute approximate surface area is 136 Å². The maximum atomic E-state index is 12.6. The van der Waals surface area contributed by atoms with E-state index in [1.807, 2.05) is 54.6 Å². The molecule has 0 unspecified atom stereocenters. The van der Waals surface area contributed by atoms with Crippen LogP contribution in [0.3, 0.4) is 0 Å². The third-order valence-corrected chi connectivity index (χ3v) is 3.87. The van der Waals surface area contributed by atoms with Gasteiger partial charge in [-0.15, -0.1) is 0 Å². The van der Waals surface area contributed by atoms with E-state index in [0.717, 1.165) is 29.7 Å². The molecule has 3 rings (SSSR count). The van der Waals surface area contributed by atoms with E-state index in [1.54, 1.807) is 0 Å². The molecule has 1 atom stereocenters. The van der Waals surface area contributed by atoms with Crippen molar-refractivity contribution in [3.63, 3.8) is 0 Å². The lowest BCUT2D eigenvalue weighted by Gasteiger charge is -2.20. The van der Waals surface area contributed by atoms with E-state index in [2.05, 4.69) is 16.7 Å². The van der Waals surface area contributed by atoms with E-state index < -0.39 is 6.04 Å². The molecule has 1 aliphatic rings. The summed E-state index contributed by atoms with van der Waals surface area (Å²) in [6.07, 6.45) is 2.52. The maximum absolute atomic E-state index is 12.6. The summed E-state index contributed by atoms with van der Waals surface area (Å²) in [5, 5.41) is 15.1. The molecule has 4 heteroatoms. The van der Waals surface area contributed by atoms with Gasteiger partial charge in [-0.3, -0.25) is 4.79 Å². The second-order valence-corrected chi connectivity index (χ2v) is 5.80. The summed E-state index contributed by atoms with van der Waals surface area (Å²) >= 11 is 0. The fourth-order valence-electron chi connectivity index (χ4n) is 2.43. The third kappa shape index (κ3) is 4.10. The first-order chi connectivity index (χ1) is 11.3. The molecular weight excluding hydrogens is 286 g/mol. The fraction of sp³-hybridized carbons (Fsp3) is 0.263. The Morgan fingerprint density at radius 1 is 1.13 bits per heavy atom. The van der Waals surface area contributed by atoms with Gasteiger partial charge < -0.3 is 10.6 Å². The Kier molecular flexibility index (Phi) is 4.58. The van der Waals surface area contributed by atoms with E-state index in [0.29, 0.717) is 12.5 Å². The number of anilines is 1. The third-order valence-electron chi connectivity index (χ3n) is 3.87. The van der Waals surface area contributed by atoms with Gasteiger partial charge in [0, 0.05) is 11.7 Å². The van der Waals surface area contributed by atoms with E-state index in [4.69, 9.17) is 5.26 Å². The molecule has 0 spiro atoms. The molecule has 1 fully saturated rings. The SMILES string of the molecule is N#CCc1ccc(N[C@@H](C(=O)NC2CC2)c2ccccc2)cc1. The lowest BCUT2D eigenvalue weighted by atomic mass is 10.1. The van der Waals surface area contributed by atoms with Crippen molar-refractivity contribution < 1.29 is 4.79 Å². The van der Waals surface area contributed by atoms with Crippen molar-refractivity contribution in [3.05, 3.63) is 65.7 Å². The normalized spacial score (nSPS) is 14.6. The quantitative estimate of drug-likeness (QED) is 0.861. The molecule has 1 saturated carbocycles. The lowest BCUT2D eigenvalue weighted by molar-refractivity contribution is -0.122. The zero-order chi connectivity index (χ0) is 16.1. The monoisotopic (exact) mass is 305 g/mol. The van der Waals surface area contributed by atoms with Crippen molar-refractivity contribution in [1.82, 2.24) is 5.32 Å². The highest BCUT2D eigenvalue weighted by Crippen LogP contribution is 2.24. The zero-order valence-electron chi connectivity index (χ0n) is 12.8. The number of hydrogen-bond donors (Lipinski definition) is 2. The van der Waals surface area contributed by atoms with Crippen molar-refractivity contribution in [2.75, 3.05) is 5.32 Å². The number of nitrogens with one attached hydrogen (secondary N) is 2. The minimum Gasteiger partial charge on any atom is -0.370 e. The van der Waals surface area contributed by atoms with Gasteiger partial charge in [-0.25, -0.2) is 0 Å². The van der Waals surface area contributed by atoms with E-state index in [1.165, 1.54) is 0 Å². The molecule has 0 aromatic heterocycles. The lowest BCUT2D eigenvalue weighted by Crippen LogP contribution is -2.34. The molecule has 0 saturated heterocycles. The van der Waals surface area contributed by atoms with Crippen LogP contribution in [-0.2, 0) is 11.2 Å². The second-order valence-electron chi connectivity index (χ2n) is 5.80. The number of nitrogens with zero attached hydrogens (tertiary/aromatic N) is 1. The Hall–Kier alpha value is -2.80. The molecule has 23 heavy (non-hydrogen) atoms. The van der Waals surface area contributed by atoms with Crippen LogP contribution in [0.15, 0.2) is 54.6 Å². The average molecular weight is 305 g/mol. The standard InChI is InChI=1S/C19H19N3O/c20-13-12-14-6-8-16(9-7-14)21-18(15-4-2-1-3-5-15)19(23)22-17-10-11-17/h1-9,17-18,21H,10-12H2,(H,22,23)/t18-/m1/s1. The molecule has 0 aliphatic heterocycles. The smallest absolute Gasteiger partial charge is 0.247 e. The van der Waals surface area contributed by atoms with Gasteiger partial charge in [0.25, 0.3) is 0 Å². The predicted molar refractivity (Wildman–Crippen MR) is 89.7 cm³/mol. The van der Waals surface area contributed by atoms with Crippen LogP contribution in [0, 0.1) is 11.3 Å². The van der Waals surface area contributed by atoms with Gasteiger partial charge in [-0.05, 0) is 36.1 Å². The molecule has 1 aliphatic carbocycles. The van der Waals surface area contributed by atoms with Gasteiger partial charge in [0.1, 0.15) is 6.04 Å². The Balaban J connectivity index is 1.77. The summed E-state index contributed by atoms with van der Waals surface area (Å²) in [6.45, 7) is 0. The first kappa shape index (κ1) is 15.1. The van der Waals surface area contributed by atoms with Crippen LogP contribution in [0.4, 0.5) is 5.69 Å². The molecule has 116 valence electrons. The van der Waals surface area contributed by atoms with E-state index in [9.17, 15) is 4.79 Å². The van der Waals surface area contributed by atoms with Crippen LogP contribution < -0.4 is 10.6 Å². The second kappa shape index (κ2) is 6.97. The van der Waals surface area contributed by atoms with Crippen LogP contribution in [0.25, 0.3) is 0 Å². The number of nitriles is 1. The van der Waals surface area contributed by atoms with Crippen molar-refractivity contribution >= 4 is 11.6 Å². The number of carbonyl (C=O) groups is 1. The molecule has 0 radical (unpaired) electrons. The van der Waals surface area contributed by atoms with Gasteiger partial charge >= 0.3 is 0 Å². The van der Waals surface area contributed by atoms with Crippen LogP contribution in [0.5, 0.6) is 0 Å². The predicted octanol–water partition coefficient (Wildman–Crippen LogP) is 3.18. The topological polar surface area (TPSA) is 64.9 Å². The number of hydrogen-bond acceptors (Lipinski definition) is 3. The van der Waals surface area contributed by atoms with Gasteiger partial charge in [-0.1, -0.05) is 42.5 Å². The molecule has 0 bridgehead atoms. The highest BCUT2D eigenvalue weighted by molar-refractivity contribution is 5.86. The number of rotatable bonds is 6. The van der Waals surface area contributed by atoms with Crippen molar-refractivity contribution in [1.29, 1.82) is 5.26 Å². The maximum Gasteiger partial charge on any atom is 0.247 e. The average Bonchev–Trinajstić information content (AvgIpc) is 3.39. The van der Waals surface area contributed by atoms with Gasteiger partial charge in [0.2, 0.25) is 5.91 Å². The molecule has 2 N–H and O–H groups in total. The van der Waals surface area contributed by atoms with Crippen LogP contribution in [-0.4, -0.2) is 11.9 Å². The van der Waals surface area contributed by atoms with Gasteiger partial charge in [0.05, 0.1) is 12.5 Å². The first-order valence-electron chi connectivity index (χ1n) is 7.84. The van der Waals surface area contributed by atoms with Crippen LogP contribution in [0.2, 0.25) is 0 Å². The summed E-state index contributed by atoms with van der Waals surface area (Å²) in [7, 11) is 0. The Morgan fingerprint density at radius 2 is 1.83 bits per heavy atom. The van der Waals surface area contributed by atoms with Crippen molar-refractivity contribution in [2.45, 2.75) is 31.3 Å². The summed E-state index contributed by atoms with van der Waals surface area (Å²) < 4.78 is 0. The summed E-state index contributed by atoms with van der Waals surface area (Å²) in [6, 6.07) is 19.4. The van der Waals surface area contributed by atoms with Crippen LogP contribution >= 0.6 is 0 Å². The minimum absolute atomic E-state index is 0.000184. The summed E-state index contributed by atoms with van der Waals surface area (Å²) in [4.78, 5) is 12.6. The number of amides is 1. The zero-order valence-corrected chi connectivity index (χ0v) is 12.8. The molecule has 4 nitrogen and oxygen atoms in total. The van der Waals surface area contributed by atoms with E-state index >= 15 is 0 Å². The Bertz CT molecular complexity index is 700. The first-order valence-corrected chi connectivity index (χ1v) is 7.84. The van der Waals surface area contributed by atoms with E-state index in [-0.39, 0.29) is 5.91 Å². The van der Waals surface area contributed by atoms with Gasteiger partial charge in [-0.2, -0.15) is 5.26 Å². The number of benzene rings is 2. The highest BCUT2D eigenvalue weighted by atomic mass is 16.2. The number of carbonyl (C=O) groups excluding carboxylic acids is 1. The molecule has 2 aromatic carbocycles. The van der Waals surface area contributed by atoms with Crippen molar-refractivity contribution in [3.8, 4) is 6.07 Å².